The quantitative estimate of drug-likeness (QED) is 0.0321. The molecule has 4 aromatic carbocycles. The lowest BCUT2D eigenvalue weighted by atomic mass is 10.0. The molecule has 4 aromatic rings. The molecule has 0 saturated heterocycles. The van der Waals surface area contributed by atoms with Gasteiger partial charge >= 0.3 is 0 Å². The third-order valence-corrected chi connectivity index (χ3v) is 9.48. The second-order valence-corrected chi connectivity index (χ2v) is 14.6. The highest BCUT2D eigenvalue weighted by Crippen LogP contribution is 2.22. The molecule has 66 heavy (non-hydrogen) atoms. The molecule has 0 aliphatic heterocycles. The number of hydrogen-bond donors (Lipinski definition) is 3. The summed E-state index contributed by atoms with van der Waals surface area (Å²) >= 11 is 5.63. The number of rotatable bonds is 26. The second kappa shape index (κ2) is 33.7. The van der Waals surface area contributed by atoms with Crippen LogP contribution in [0.5, 0.6) is 23.0 Å². The number of amides is 2. The average molecular weight is 955 g/mol. The van der Waals surface area contributed by atoms with Crippen LogP contribution in [-0.2, 0) is 9.59 Å². The van der Waals surface area contributed by atoms with Crippen molar-refractivity contribution in [3.8, 4) is 23.0 Å². The molecule has 2 amide bonds. The van der Waals surface area contributed by atoms with E-state index in [0.717, 1.165) is 56.4 Å². The molecule has 4 rings (SSSR count). The van der Waals surface area contributed by atoms with E-state index in [1.54, 1.807) is 42.5 Å². The Balaban J connectivity index is 0.000000561. The summed E-state index contributed by atoms with van der Waals surface area (Å²) in [5.41, 5.74) is 0.674. The summed E-state index contributed by atoms with van der Waals surface area (Å²) in [4.78, 5) is 49.7. The molecule has 0 spiro atoms. The number of phenols is 1. The van der Waals surface area contributed by atoms with Crippen molar-refractivity contribution in [1.29, 1.82) is 0 Å². The van der Waals surface area contributed by atoms with Gasteiger partial charge in [-0.25, -0.2) is 17.6 Å². The van der Waals surface area contributed by atoms with E-state index in [1.165, 1.54) is 18.2 Å². The number of ketones is 2. The van der Waals surface area contributed by atoms with Gasteiger partial charge in [0, 0.05) is 24.0 Å². The largest absolute Gasteiger partial charge is 0.503 e. The van der Waals surface area contributed by atoms with E-state index in [2.05, 4.69) is 17.6 Å². The average Bonchev–Trinajstić information content (AvgIpc) is 3.30. The number of hydrogen-bond acceptors (Lipinski definition) is 8. The van der Waals surface area contributed by atoms with E-state index in [-0.39, 0.29) is 50.2 Å². The van der Waals surface area contributed by atoms with Gasteiger partial charge in [-0.3, -0.25) is 28.0 Å². The standard InChI is InChI=1S/C24H28F3NO4.C18H25ClFNO3.C6H4F2O.CH4/c1-2-3-4-12-21(22(29)16-32-23-19(26)10-6-11-20(23)27)28-24(30)17-8-5-9-18(15-17)31-14-7-13-25;1-2-3-4-9-16(17(22)13-19)21-18(23)14-7-5-8-15(12-14)24-11-6-10-20;7-4-2-1-3-5(8)6(4)9;/h5-6,8-11,15,21H,2-4,7,12-14,16H2,1H3,(H,28,30);5,7-8,12,16H,2-4,6,9-11,13H2,1H3,(H,21,23);1-3,9H;1H4/t21-;16-;;/m00../s1. The minimum Gasteiger partial charge on any atom is -0.503 e. The molecule has 0 radical (unpaired) electrons. The van der Waals surface area contributed by atoms with Crippen LogP contribution in [0.3, 0.4) is 0 Å². The number of ether oxygens (including phenoxy) is 3. The van der Waals surface area contributed by atoms with Crippen LogP contribution in [-0.4, -0.2) is 79.6 Å². The number of Topliss-reactive ketones (excluding diaryl/α,β-unsaturated/α-hetero) is 2. The fourth-order valence-electron chi connectivity index (χ4n) is 5.70. The molecule has 0 saturated carbocycles. The molecule has 364 valence electrons. The molecule has 0 aliphatic carbocycles. The van der Waals surface area contributed by atoms with Gasteiger partial charge in [0.1, 0.15) is 18.1 Å². The lowest BCUT2D eigenvalue weighted by Gasteiger charge is -2.18. The number of halogens is 7. The van der Waals surface area contributed by atoms with Crippen LogP contribution in [0.25, 0.3) is 0 Å². The summed E-state index contributed by atoms with van der Waals surface area (Å²) < 4.78 is 91.9. The minimum atomic E-state index is -0.935. The number of para-hydroxylation sites is 2. The molecule has 0 fully saturated rings. The Morgan fingerprint density at radius 2 is 1.00 bits per heavy atom. The van der Waals surface area contributed by atoms with Gasteiger partial charge in [0.2, 0.25) is 0 Å². The van der Waals surface area contributed by atoms with Crippen LogP contribution in [0.4, 0.5) is 26.3 Å². The van der Waals surface area contributed by atoms with Crippen molar-refractivity contribution in [2.75, 3.05) is 39.0 Å². The van der Waals surface area contributed by atoms with Gasteiger partial charge in [0.05, 0.1) is 44.5 Å². The van der Waals surface area contributed by atoms with Crippen molar-refractivity contribution in [1.82, 2.24) is 10.6 Å². The minimum absolute atomic E-state index is 0. The third-order valence-electron chi connectivity index (χ3n) is 9.21. The molecule has 2 atom stereocenters. The Kier molecular flexibility index (Phi) is 29.7. The second-order valence-electron chi connectivity index (χ2n) is 14.4. The zero-order valence-corrected chi connectivity index (χ0v) is 37.3. The van der Waals surface area contributed by atoms with Crippen LogP contribution >= 0.6 is 11.6 Å². The number of carbonyl (C=O) groups is 4. The first-order valence-corrected chi connectivity index (χ1v) is 21.8. The predicted octanol–water partition coefficient (Wildman–Crippen LogP) is 11.2. The van der Waals surface area contributed by atoms with E-state index in [9.17, 15) is 45.5 Å². The first-order chi connectivity index (χ1) is 31.3. The van der Waals surface area contributed by atoms with Gasteiger partial charge in [-0.1, -0.05) is 84.1 Å². The topological polar surface area (TPSA) is 140 Å². The monoisotopic (exact) mass is 954 g/mol. The Morgan fingerprint density at radius 3 is 1.39 bits per heavy atom. The van der Waals surface area contributed by atoms with E-state index >= 15 is 0 Å². The summed E-state index contributed by atoms with van der Waals surface area (Å²) in [6, 6.07) is 17.9. The number of carbonyl (C=O) groups excluding carboxylic acids is 4. The van der Waals surface area contributed by atoms with E-state index < -0.39 is 78.5 Å². The zero-order chi connectivity index (χ0) is 48.0. The molecular formula is C49H61ClF6N2O8. The molecule has 0 aromatic heterocycles. The summed E-state index contributed by atoms with van der Waals surface area (Å²) in [5.74, 6) is -5.95. The van der Waals surface area contributed by atoms with E-state index in [4.69, 9.17) is 30.9 Å². The molecule has 0 unspecified atom stereocenters. The number of phenolic OH excluding ortho intramolecular Hbond substituents is 1. The van der Waals surface area contributed by atoms with Gasteiger partial charge in [-0.2, -0.15) is 0 Å². The van der Waals surface area contributed by atoms with Gasteiger partial charge in [0.15, 0.2) is 46.3 Å². The van der Waals surface area contributed by atoms with E-state index in [1.807, 2.05) is 6.92 Å². The zero-order valence-electron chi connectivity index (χ0n) is 36.5. The number of aromatic hydroxyl groups is 1. The SMILES string of the molecule is C.CCCCC[C@H](NC(=O)c1cccc(OCCCF)c1)C(=O)CCl.CCCCC[C@H](NC(=O)c1cccc(OCCCF)c1)C(=O)COc1c(F)cccc1F.Oc1c(F)cccc1F. The summed E-state index contributed by atoms with van der Waals surface area (Å²) in [6.45, 7) is 3.00. The fraction of sp³-hybridized carbons (Fsp3) is 0.429. The predicted molar refractivity (Wildman–Crippen MR) is 243 cm³/mol. The Hall–Kier alpha value is -5.77. The maximum absolute atomic E-state index is 13.8. The smallest absolute Gasteiger partial charge is 0.251 e. The van der Waals surface area contributed by atoms with Crippen LogP contribution in [0.1, 0.15) is 106 Å². The number of unbranched alkanes of at least 4 members (excludes halogenated alkanes) is 4. The van der Waals surface area contributed by atoms with E-state index in [0.29, 0.717) is 42.7 Å². The molecule has 0 bridgehead atoms. The van der Waals surface area contributed by atoms with Crippen molar-refractivity contribution in [2.45, 2.75) is 97.6 Å². The van der Waals surface area contributed by atoms with Crippen molar-refractivity contribution >= 4 is 35.0 Å². The maximum Gasteiger partial charge on any atom is 0.251 e. The van der Waals surface area contributed by atoms with Crippen molar-refractivity contribution in [3.63, 3.8) is 0 Å². The third kappa shape index (κ3) is 21.9. The highest BCUT2D eigenvalue weighted by Gasteiger charge is 2.24. The molecular weight excluding hydrogens is 894 g/mol. The molecule has 10 nitrogen and oxygen atoms in total. The number of nitrogens with one attached hydrogen (secondary N) is 2. The molecule has 17 heteroatoms. The first kappa shape index (κ1) is 58.2. The van der Waals surface area contributed by atoms with Gasteiger partial charge in [0.25, 0.3) is 11.8 Å². The Labute approximate surface area is 388 Å². The van der Waals surface area contributed by atoms with Crippen molar-refractivity contribution < 1.29 is 64.8 Å². The lowest BCUT2D eigenvalue weighted by molar-refractivity contribution is -0.123. The maximum atomic E-state index is 13.8. The van der Waals surface area contributed by atoms with Crippen LogP contribution in [0.15, 0.2) is 84.9 Å². The number of alkyl halides is 3. The lowest BCUT2D eigenvalue weighted by Crippen LogP contribution is -2.43. The van der Waals surface area contributed by atoms with Crippen LogP contribution in [0, 0.1) is 23.3 Å². The summed E-state index contributed by atoms with van der Waals surface area (Å²) in [7, 11) is 0. The normalized spacial score (nSPS) is 11.2. The van der Waals surface area contributed by atoms with Crippen LogP contribution < -0.4 is 24.8 Å². The summed E-state index contributed by atoms with van der Waals surface area (Å²) in [6.07, 6.45) is 6.86. The van der Waals surface area contributed by atoms with Gasteiger partial charge in [-0.05, 0) is 73.5 Å². The van der Waals surface area contributed by atoms with Crippen LogP contribution in [0.2, 0.25) is 0 Å². The van der Waals surface area contributed by atoms with Crippen molar-refractivity contribution in [3.05, 3.63) is 119 Å². The molecule has 0 aliphatic rings. The van der Waals surface area contributed by atoms with Crippen molar-refractivity contribution in [2.24, 2.45) is 0 Å². The van der Waals surface area contributed by atoms with Gasteiger partial charge in [-0.15, -0.1) is 11.6 Å². The Bertz CT molecular complexity index is 2020. The first-order valence-electron chi connectivity index (χ1n) is 21.3. The fourth-order valence-corrected chi connectivity index (χ4v) is 5.88. The highest BCUT2D eigenvalue weighted by atomic mass is 35.5. The molecule has 0 heterocycles. The summed E-state index contributed by atoms with van der Waals surface area (Å²) in [5, 5.41) is 13.9. The number of benzene rings is 4. The highest BCUT2D eigenvalue weighted by molar-refractivity contribution is 6.28. The van der Waals surface area contributed by atoms with Gasteiger partial charge < -0.3 is 30.0 Å². The molecule has 3 N–H and O–H groups in total. The Morgan fingerprint density at radius 1 is 0.591 bits per heavy atom.